The molecule has 4 nitrogen and oxygen atoms in total. The first-order valence-corrected chi connectivity index (χ1v) is 8.22. The monoisotopic (exact) mass is 306 g/mol. The lowest BCUT2D eigenvalue weighted by atomic mass is 10.1. The van der Waals surface area contributed by atoms with Crippen LogP contribution in [-0.4, -0.2) is 32.9 Å². The SMILES string of the molecule is CCC(C(=O)O)S(=O)CCOc1cccc2ccccc12. The predicted molar refractivity (Wildman–Crippen MR) is 84.2 cm³/mol. The van der Waals surface area contributed by atoms with Crippen LogP contribution in [0.4, 0.5) is 0 Å². The van der Waals surface area contributed by atoms with Crippen LogP contribution in [-0.2, 0) is 15.6 Å². The van der Waals surface area contributed by atoms with Crippen LogP contribution in [0.3, 0.4) is 0 Å². The summed E-state index contributed by atoms with van der Waals surface area (Å²) in [5.74, 6) is -0.0666. The predicted octanol–water partition coefficient (Wildman–Crippen LogP) is 2.83. The topological polar surface area (TPSA) is 63.6 Å². The molecule has 0 aliphatic heterocycles. The van der Waals surface area contributed by atoms with Gasteiger partial charge in [-0.2, -0.15) is 0 Å². The van der Waals surface area contributed by atoms with E-state index in [4.69, 9.17) is 9.84 Å². The van der Waals surface area contributed by atoms with Crippen LogP contribution in [0.2, 0.25) is 0 Å². The van der Waals surface area contributed by atoms with Crippen LogP contribution in [0.15, 0.2) is 42.5 Å². The van der Waals surface area contributed by atoms with Gasteiger partial charge in [-0.05, 0) is 17.9 Å². The highest BCUT2D eigenvalue weighted by molar-refractivity contribution is 7.86. The highest BCUT2D eigenvalue weighted by atomic mass is 32.2. The molecule has 2 rings (SSSR count). The van der Waals surface area contributed by atoms with Crippen molar-refractivity contribution >= 4 is 27.5 Å². The van der Waals surface area contributed by atoms with Gasteiger partial charge in [-0.25, -0.2) is 0 Å². The van der Waals surface area contributed by atoms with Gasteiger partial charge in [0.2, 0.25) is 0 Å². The van der Waals surface area contributed by atoms with Crippen molar-refractivity contribution < 1.29 is 18.8 Å². The Hall–Kier alpha value is -1.88. The van der Waals surface area contributed by atoms with Crippen LogP contribution in [0.1, 0.15) is 13.3 Å². The molecule has 0 spiro atoms. The Kier molecular flexibility index (Phi) is 5.33. The summed E-state index contributed by atoms with van der Waals surface area (Å²) in [4.78, 5) is 10.9. The smallest absolute Gasteiger partial charge is 0.319 e. The van der Waals surface area contributed by atoms with Crippen molar-refractivity contribution in [2.45, 2.75) is 18.6 Å². The number of aliphatic carboxylic acids is 1. The molecular weight excluding hydrogens is 288 g/mol. The maximum Gasteiger partial charge on any atom is 0.319 e. The summed E-state index contributed by atoms with van der Waals surface area (Å²) in [6.45, 7) is 1.96. The van der Waals surface area contributed by atoms with Gasteiger partial charge in [0.1, 0.15) is 11.0 Å². The Balaban J connectivity index is 2.00. The molecule has 0 saturated heterocycles. The summed E-state index contributed by atoms with van der Waals surface area (Å²) in [7, 11) is -1.42. The van der Waals surface area contributed by atoms with Crippen molar-refractivity contribution in [3.63, 3.8) is 0 Å². The van der Waals surface area contributed by atoms with E-state index in [-0.39, 0.29) is 12.4 Å². The molecule has 0 radical (unpaired) electrons. The molecule has 0 bridgehead atoms. The molecule has 0 aliphatic rings. The summed E-state index contributed by atoms with van der Waals surface area (Å²) < 4.78 is 17.6. The second-order valence-corrected chi connectivity index (χ2v) is 6.38. The van der Waals surface area contributed by atoms with Crippen molar-refractivity contribution in [2.75, 3.05) is 12.4 Å². The molecule has 112 valence electrons. The van der Waals surface area contributed by atoms with E-state index in [1.165, 1.54) is 0 Å². The van der Waals surface area contributed by atoms with Gasteiger partial charge in [-0.1, -0.05) is 43.3 Å². The molecule has 2 atom stereocenters. The van der Waals surface area contributed by atoms with Crippen molar-refractivity contribution in [1.82, 2.24) is 0 Å². The number of carbonyl (C=O) groups is 1. The molecular formula is C16H18O4S. The molecule has 0 saturated carbocycles. The van der Waals surface area contributed by atoms with E-state index in [0.29, 0.717) is 6.42 Å². The third kappa shape index (κ3) is 3.82. The molecule has 0 heterocycles. The zero-order chi connectivity index (χ0) is 15.2. The van der Waals surface area contributed by atoms with Crippen molar-refractivity contribution in [3.05, 3.63) is 42.5 Å². The molecule has 21 heavy (non-hydrogen) atoms. The molecule has 0 fully saturated rings. The second kappa shape index (κ2) is 7.22. The molecule has 0 aromatic heterocycles. The summed E-state index contributed by atoms with van der Waals surface area (Å²) in [6.07, 6.45) is 0.357. The minimum Gasteiger partial charge on any atom is -0.492 e. The average molecular weight is 306 g/mol. The zero-order valence-corrected chi connectivity index (χ0v) is 12.6. The molecule has 2 unspecified atom stereocenters. The fraction of sp³-hybridized carbons (Fsp3) is 0.312. The molecule has 0 aliphatic carbocycles. The second-order valence-electron chi connectivity index (χ2n) is 4.65. The maximum atomic E-state index is 11.9. The van der Waals surface area contributed by atoms with Crippen LogP contribution in [0, 0.1) is 0 Å². The number of hydrogen-bond acceptors (Lipinski definition) is 3. The number of carboxylic acid groups (broad SMARTS) is 1. The van der Waals surface area contributed by atoms with E-state index < -0.39 is 22.0 Å². The first kappa shape index (κ1) is 15.5. The molecule has 1 N–H and O–H groups in total. The summed E-state index contributed by atoms with van der Waals surface area (Å²) in [5, 5.41) is 10.2. The van der Waals surface area contributed by atoms with Crippen molar-refractivity contribution in [2.24, 2.45) is 0 Å². The number of ether oxygens (including phenoxy) is 1. The first-order valence-electron chi connectivity index (χ1n) is 6.84. The normalized spacial score (nSPS) is 13.8. The number of fused-ring (bicyclic) bond motifs is 1. The van der Waals surface area contributed by atoms with Crippen molar-refractivity contribution in [1.29, 1.82) is 0 Å². The van der Waals surface area contributed by atoms with E-state index >= 15 is 0 Å². The first-order chi connectivity index (χ1) is 10.1. The van der Waals surface area contributed by atoms with Crippen LogP contribution in [0.25, 0.3) is 10.8 Å². The molecule has 0 amide bonds. The quantitative estimate of drug-likeness (QED) is 0.854. The Morgan fingerprint density at radius 1 is 1.24 bits per heavy atom. The van der Waals surface area contributed by atoms with E-state index in [2.05, 4.69) is 0 Å². The minimum absolute atomic E-state index is 0.216. The van der Waals surface area contributed by atoms with Gasteiger partial charge in [-0.3, -0.25) is 9.00 Å². The Bertz CT molecular complexity index is 648. The van der Waals surface area contributed by atoms with Gasteiger partial charge >= 0.3 is 5.97 Å². The fourth-order valence-corrected chi connectivity index (χ4v) is 3.30. The lowest BCUT2D eigenvalue weighted by molar-refractivity contribution is -0.136. The van der Waals surface area contributed by atoms with E-state index in [1.807, 2.05) is 42.5 Å². The molecule has 2 aromatic rings. The van der Waals surface area contributed by atoms with Gasteiger partial charge in [0.25, 0.3) is 0 Å². The highest BCUT2D eigenvalue weighted by Gasteiger charge is 2.22. The highest BCUT2D eigenvalue weighted by Crippen LogP contribution is 2.25. The Morgan fingerprint density at radius 3 is 2.67 bits per heavy atom. The van der Waals surface area contributed by atoms with Crippen molar-refractivity contribution in [3.8, 4) is 5.75 Å². The van der Waals surface area contributed by atoms with Gasteiger partial charge in [0.15, 0.2) is 0 Å². The van der Waals surface area contributed by atoms with Crippen LogP contribution < -0.4 is 4.74 Å². The van der Waals surface area contributed by atoms with Gasteiger partial charge < -0.3 is 9.84 Å². The van der Waals surface area contributed by atoms with Gasteiger partial charge in [0.05, 0.1) is 12.4 Å². The summed E-state index contributed by atoms with van der Waals surface area (Å²) >= 11 is 0. The Labute approximate surface area is 126 Å². The third-order valence-electron chi connectivity index (χ3n) is 3.26. The number of rotatable bonds is 7. The van der Waals surface area contributed by atoms with Crippen LogP contribution >= 0.6 is 0 Å². The maximum absolute atomic E-state index is 11.9. The molecule has 5 heteroatoms. The number of benzene rings is 2. The lowest BCUT2D eigenvalue weighted by Gasteiger charge is -2.12. The molecule has 2 aromatic carbocycles. The van der Waals surface area contributed by atoms with Gasteiger partial charge in [-0.15, -0.1) is 0 Å². The van der Waals surface area contributed by atoms with E-state index in [9.17, 15) is 9.00 Å². The standard InChI is InChI=1S/C16H18O4S/c1-2-15(16(17)18)21(19)11-10-20-14-9-5-7-12-6-3-4-8-13(12)14/h3-9,15H,2,10-11H2,1H3,(H,17,18). The lowest BCUT2D eigenvalue weighted by Crippen LogP contribution is -2.28. The van der Waals surface area contributed by atoms with Crippen LogP contribution in [0.5, 0.6) is 5.75 Å². The van der Waals surface area contributed by atoms with E-state index in [1.54, 1.807) is 6.92 Å². The number of carboxylic acids is 1. The summed E-state index contributed by atoms with van der Waals surface area (Å²) in [6, 6.07) is 13.6. The average Bonchev–Trinajstić information content (AvgIpc) is 2.48. The van der Waals surface area contributed by atoms with Gasteiger partial charge in [0, 0.05) is 16.2 Å². The Morgan fingerprint density at radius 2 is 1.95 bits per heavy atom. The number of hydrogen-bond donors (Lipinski definition) is 1. The van der Waals surface area contributed by atoms with E-state index in [0.717, 1.165) is 16.5 Å². The fourth-order valence-electron chi connectivity index (χ4n) is 2.17. The minimum atomic E-state index is -1.42. The largest absolute Gasteiger partial charge is 0.492 e. The zero-order valence-electron chi connectivity index (χ0n) is 11.8. The third-order valence-corrected chi connectivity index (χ3v) is 4.99. The summed E-state index contributed by atoms with van der Waals surface area (Å²) in [5.41, 5.74) is 0.